The summed E-state index contributed by atoms with van der Waals surface area (Å²) >= 11 is 6.09. The Hall–Kier alpha value is -1.88. The molecule has 116 valence electrons. The van der Waals surface area contributed by atoms with Gasteiger partial charge < -0.3 is 4.90 Å². The van der Waals surface area contributed by atoms with E-state index >= 15 is 0 Å². The molecule has 1 saturated heterocycles. The second-order valence-corrected chi connectivity index (χ2v) is 6.19. The first-order chi connectivity index (χ1) is 10.6. The van der Waals surface area contributed by atoms with Crippen molar-refractivity contribution in [1.29, 1.82) is 0 Å². The van der Waals surface area contributed by atoms with Crippen LogP contribution in [0.15, 0.2) is 30.7 Å². The number of carbonyl (C=O) groups excluding carboxylic acids is 1. The maximum Gasteiger partial charge on any atom is 0.244 e. The van der Waals surface area contributed by atoms with Crippen molar-refractivity contribution in [3.63, 3.8) is 0 Å². The van der Waals surface area contributed by atoms with Crippen LogP contribution < -0.4 is 0 Å². The Labute approximate surface area is 134 Å². The van der Waals surface area contributed by atoms with Crippen molar-refractivity contribution in [3.05, 3.63) is 35.9 Å². The van der Waals surface area contributed by atoms with Crippen LogP contribution in [-0.4, -0.2) is 38.7 Å². The van der Waals surface area contributed by atoms with Crippen LogP contribution in [0.25, 0.3) is 11.1 Å². The van der Waals surface area contributed by atoms with Crippen LogP contribution in [0.2, 0.25) is 5.15 Å². The van der Waals surface area contributed by atoms with E-state index in [-0.39, 0.29) is 12.5 Å². The minimum absolute atomic E-state index is 0.124. The highest BCUT2D eigenvalue weighted by atomic mass is 35.5. The number of piperidine rings is 1. The van der Waals surface area contributed by atoms with Gasteiger partial charge in [0.1, 0.15) is 11.7 Å². The number of carbonyl (C=O) groups is 1. The number of amides is 1. The van der Waals surface area contributed by atoms with Crippen LogP contribution in [0, 0.1) is 5.92 Å². The number of hydrogen-bond donors (Lipinski definition) is 0. The summed E-state index contributed by atoms with van der Waals surface area (Å²) in [7, 11) is 0. The van der Waals surface area contributed by atoms with Gasteiger partial charge in [0.25, 0.3) is 0 Å². The third kappa shape index (κ3) is 3.30. The lowest BCUT2D eigenvalue weighted by molar-refractivity contribution is -0.133. The largest absolute Gasteiger partial charge is 0.341 e. The second kappa shape index (κ2) is 6.48. The van der Waals surface area contributed by atoms with Gasteiger partial charge in [-0.1, -0.05) is 18.5 Å². The summed E-state index contributed by atoms with van der Waals surface area (Å²) in [6.45, 7) is 4.20. The van der Waals surface area contributed by atoms with Crippen molar-refractivity contribution < 1.29 is 4.79 Å². The Kier molecular flexibility index (Phi) is 4.43. The fourth-order valence-electron chi connectivity index (χ4n) is 2.69. The number of halogens is 1. The van der Waals surface area contributed by atoms with Crippen molar-refractivity contribution in [2.24, 2.45) is 5.92 Å². The lowest BCUT2D eigenvalue weighted by atomic mass is 9.99. The molecule has 0 bridgehead atoms. The monoisotopic (exact) mass is 318 g/mol. The number of likely N-dealkylation sites (tertiary alicyclic amines) is 1. The summed E-state index contributed by atoms with van der Waals surface area (Å²) in [5.74, 6) is 0.840. The van der Waals surface area contributed by atoms with E-state index in [0.717, 1.165) is 37.1 Å². The lowest BCUT2D eigenvalue weighted by Crippen LogP contribution is -2.39. The normalized spacial score (nSPS) is 16.0. The molecule has 22 heavy (non-hydrogen) atoms. The SMILES string of the molecule is CC1CCN(C(=O)Cn2cc(-c3cccnc3Cl)cn2)CC1. The van der Waals surface area contributed by atoms with Crippen molar-refractivity contribution in [2.75, 3.05) is 13.1 Å². The third-order valence-corrected chi connectivity index (χ3v) is 4.44. The molecule has 1 fully saturated rings. The van der Waals surface area contributed by atoms with Crippen LogP contribution in [-0.2, 0) is 11.3 Å². The van der Waals surface area contributed by atoms with E-state index in [0.29, 0.717) is 11.1 Å². The molecule has 0 radical (unpaired) electrons. The van der Waals surface area contributed by atoms with Gasteiger partial charge in [-0.15, -0.1) is 0 Å². The highest BCUT2D eigenvalue weighted by molar-refractivity contribution is 6.32. The van der Waals surface area contributed by atoms with E-state index in [9.17, 15) is 4.79 Å². The molecule has 6 heteroatoms. The number of nitrogens with zero attached hydrogens (tertiary/aromatic N) is 4. The van der Waals surface area contributed by atoms with Crippen molar-refractivity contribution in [1.82, 2.24) is 19.7 Å². The summed E-state index contributed by atoms with van der Waals surface area (Å²) in [4.78, 5) is 18.3. The van der Waals surface area contributed by atoms with Gasteiger partial charge in [-0.3, -0.25) is 9.48 Å². The minimum Gasteiger partial charge on any atom is -0.341 e. The lowest BCUT2D eigenvalue weighted by Gasteiger charge is -2.30. The molecule has 0 unspecified atom stereocenters. The fourth-order valence-corrected chi connectivity index (χ4v) is 2.92. The smallest absolute Gasteiger partial charge is 0.244 e. The predicted octanol–water partition coefficient (Wildman–Crippen LogP) is 2.86. The van der Waals surface area contributed by atoms with Crippen molar-refractivity contribution in [3.8, 4) is 11.1 Å². The van der Waals surface area contributed by atoms with E-state index < -0.39 is 0 Å². The van der Waals surface area contributed by atoms with Crippen LogP contribution in [0.5, 0.6) is 0 Å². The molecule has 2 aromatic rings. The van der Waals surface area contributed by atoms with Gasteiger partial charge in [-0.05, 0) is 30.9 Å². The Morgan fingerprint density at radius 2 is 2.18 bits per heavy atom. The van der Waals surface area contributed by atoms with Crippen LogP contribution in [0.3, 0.4) is 0 Å². The number of rotatable bonds is 3. The standard InChI is InChI=1S/C16H19ClN4O/c1-12-4-7-20(8-5-12)15(22)11-21-10-13(9-19-21)14-3-2-6-18-16(14)17/h2-3,6,9-10,12H,4-5,7-8,11H2,1H3. The zero-order valence-corrected chi connectivity index (χ0v) is 13.3. The Morgan fingerprint density at radius 3 is 2.91 bits per heavy atom. The first-order valence-electron chi connectivity index (χ1n) is 7.54. The average Bonchev–Trinajstić information content (AvgIpc) is 2.96. The molecule has 0 saturated carbocycles. The Bertz CT molecular complexity index is 662. The molecule has 0 atom stereocenters. The molecule has 0 aromatic carbocycles. The number of aromatic nitrogens is 3. The maximum atomic E-state index is 12.3. The fraction of sp³-hybridized carbons (Fsp3) is 0.438. The summed E-state index contributed by atoms with van der Waals surface area (Å²) in [6.07, 6.45) is 7.38. The molecule has 0 aliphatic carbocycles. The van der Waals surface area contributed by atoms with Gasteiger partial charge in [-0.25, -0.2) is 4.98 Å². The van der Waals surface area contributed by atoms with Crippen molar-refractivity contribution in [2.45, 2.75) is 26.3 Å². The van der Waals surface area contributed by atoms with E-state index in [4.69, 9.17) is 11.6 Å². The van der Waals surface area contributed by atoms with Crippen molar-refractivity contribution >= 4 is 17.5 Å². The first-order valence-corrected chi connectivity index (χ1v) is 7.92. The molecule has 1 amide bonds. The van der Waals surface area contributed by atoms with Crippen LogP contribution in [0.1, 0.15) is 19.8 Å². The van der Waals surface area contributed by atoms with Crippen LogP contribution >= 0.6 is 11.6 Å². The molecule has 1 aliphatic rings. The quantitative estimate of drug-likeness (QED) is 0.818. The summed E-state index contributed by atoms with van der Waals surface area (Å²) in [6, 6.07) is 3.73. The first kappa shape index (κ1) is 15.0. The van der Waals surface area contributed by atoms with E-state index in [1.165, 1.54) is 0 Å². The molecular formula is C16H19ClN4O. The maximum absolute atomic E-state index is 12.3. The van der Waals surface area contributed by atoms with Gasteiger partial charge in [0.2, 0.25) is 5.91 Å². The highest BCUT2D eigenvalue weighted by Crippen LogP contribution is 2.25. The molecule has 5 nitrogen and oxygen atoms in total. The summed E-state index contributed by atoms with van der Waals surface area (Å²) in [5, 5.41) is 4.71. The van der Waals surface area contributed by atoms with Gasteiger partial charge in [0, 0.05) is 36.6 Å². The summed E-state index contributed by atoms with van der Waals surface area (Å²) in [5.41, 5.74) is 1.70. The van der Waals surface area contributed by atoms with Gasteiger partial charge in [-0.2, -0.15) is 5.10 Å². The molecule has 3 heterocycles. The van der Waals surface area contributed by atoms with E-state index in [2.05, 4.69) is 17.0 Å². The van der Waals surface area contributed by atoms with E-state index in [1.807, 2.05) is 23.2 Å². The topological polar surface area (TPSA) is 51.0 Å². The third-order valence-electron chi connectivity index (χ3n) is 4.14. The molecular weight excluding hydrogens is 300 g/mol. The van der Waals surface area contributed by atoms with E-state index in [1.54, 1.807) is 17.1 Å². The van der Waals surface area contributed by atoms with Gasteiger partial charge in [0.15, 0.2) is 0 Å². The predicted molar refractivity (Wildman–Crippen MR) is 85.4 cm³/mol. The number of hydrogen-bond acceptors (Lipinski definition) is 3. The zero-order valence-electron chi connectivity index (χ0n) is 12.6. The highest BCUT2D eigenvalue weighted by Gasteiger charge is 2.20. The molecule has 0 spiro atoms. The zero-order chi connectivity index (χ0) is 15.5. The number of pyridine rings is 1. The average molecular weight is 319 g/mol. The molecule has 3 rings (SSSR count). The van der Waals surface area contributed by atoms with Gasteiger partial charge in [0.05, 0.1) is 6.20 Å². The van der Waals surface area contributed by atoms with Gasteiger partial charge >= 0.3 is 0 Å². The molecule has 1 aliphatic heterocycles. The Balaban J connectivity index is 1.67. The second-order valence-electron chi connectivity index (χ2n) is 5.83. The minimum atomic E-state index is 0.124. The Morgan fingerprint density at radius 1 is 1.41 bits per heavy atom. The molecule has 0 N–H and O–H groups in total. The molecule has 2 aromatic heterocycles. The van der Waals surface area contributed by atoms with Crippen LogP contribution in [0.4, 0.5) is 0 Å². The summed E-state index contributed by atoms with van der Waals surface area (Å²) < 4.78 is 1.67.